The molecule has 0 amide bonds. The SMILES string of the molecule is COc1ccc(-c2[o+]c(C)cc3cc4c(cc23)OCO4)cc1.[O-][Cl+3]([O-])([O-])[O-]. The van der Waals surface area contributed by atoms with Gasteiger partial charge in [-0.25, -0.2) is 23.1 Å². The Morgan fingerprint density at radius 2 is 1.56 bits per heavy atom. The van der Waals surface area contributed by atoms with Crippen LogP contribution in [0.15, 0.2) is 46.9 Å². The third-order valence-corrected chi connectivity index (χ3v) is 3.76. The Morgan fingerprint density at radius 1 is 0.963 bits per heavy atom. The second-order valence-corrected chi connectivity index (χ2v) is 6.34. The quantitative estimate of drug-likeness (QED) is 0.540. The Balaban J connectivity index is 0.000000376. The summed E-state index contributed by atoms with van der Waals surface area (Å²) in [5.41, 5.74) is 0.994. The van der Waals surface area contributed by atoms with Gasteiger partial charge in [-0.1, -0.05) is 0 Å². The number of ether oxygens (including phenoxy) is 3. The summed E-state index contributed by atoms with van der Waals surface area (Å²) in [7, 11) is -3.29. The molecule has 0 atom stereocenters. The van der Waals surface area contributed by atoms with Crippen LogP contribution < -0.4 is 32.8 Å². The molecule has 2 aromatic carbocycles. The van der Waals surface area contributed by atoms with Crippen LogP contribution in [0.3, 0.4) is 0 Å². The lowest BCUT2D eigenvalue weighted by Crippen LogP contribution is -2.68. The Morgan fingerprint density at radius 3 is 2.15 bits per heavy atom. The average Bonchev–Trinajstić information content (AvgIpc) is 3.05. The molecule has 0 aliphatic carbocycles. The molecule has 3 aromatic rings. The number of benzene rings is 2. The average molecular weight is 395 g/mol. The molecular weight excluding hydrogens is 380 g/mol. The molecule has 8 nitrogen and oxygen atoms in total. The van der Waals surface area contributed by atoms with Crippen molar-refractivity contribution in [2.75, 3.05) is 13.9 Å². The highest BCUT2D eigenvalue weighted by Gasteiger charge is 2.23. The van der Waals surface area contributed by atoms with E-state index in [0.717, 1.165) is 45.1 Å². The second kappa shape index (κ2) is 7.55. The van der Waals surface area contributed by atoms with Gasteiger partial charge < -0.3 is 14.2 Å². The van der Waals surface area contributed by atoms with Crippen LogP contribution in [0.1, 0.15) is 5.76 Å². The maximum Gasteiger partial charge on any atom is 0.368 e. The first-order chi connectivity index (χ1) is 12.7. The van der Waals surface area contributed by atoms with Gasteiger partial charge in [-0.05, 0) is 30.3 Å². The summed E-state index contributed by atoms with van der Waals surface area (Å²) in [4.78, 5) is 0. The van der Waals surface area contributed by atoms with Crippen LogP contribution in [-0.4, -0.2) is 13.9 Å². The van der Waals surface area contributed by atoms with Crippen LogP contribution in [0.4, 0.5) is 0 Å². The predicted octanol–water partition coefficient (Wildman–Crippen LogP) is -0.329. The van der Waals surface area contributed by atoms with E-state index in [9.17, 15) is 0 Å². The van der Waals surface area contributed by atoms with E-state index in [0.29, 0.717) is 0 Å². The third kappa shape index (κ3) is 4.76. The van der Waals surface area contributed by atoms with E-state index in [1.54, 1.807) is 7.11 Å². The van der Waals surface area contributed by atoms with E-state index in [2.05, 4.69) is 0 Å². The van der Waals surface area contributed by atoms with Crippen molar-refractivity contribution in [1.82, 2.24) is 0 Å². The highest BCUT2D eigenvalue weighted by molar-refractivity contribution is 5.96. The molecule has 0 unspecified atom stereocenters. The minimum atomic E-state index is -4.94. The molecule has 1 aliphatic heterocycles. The summed E-state index contributed by atoms with van der Waals surface area (Å²) < 4.78 is 56.1. The second-order valence-electron chi connectivity index (χ2n) is 5.59. The van der Waals surface area contributed by atoms with E-state index >= 15 is 0 Å². The smallest absolute Gasteiger partial charge is 0.368 e. The van der Waals surface area contributed by atoms with Crippen molar-refractivity contribution in [3.8, 4) is 28.6 Å². The lowest BCUT2D eigenvalue weighted by atomic mass is 10.0. The highest BCUT2D eigenvalue weighted by atomic mass is 35.7. The van der Waals surface area contributed by atoms with Crippen molar-refractivity contribution in [3.05, 3.63) is 48.2 Å². The van der Waals surface area contributed by atoms with Crippen LogP contribution >= 0.6 is 0 Å². The molecule has 9 heteroatoms. The first-order valence-electron chi connectivity index (χ1n) is 7.68. The minimum absolute atomic E-state index is 0.264. The Kier molecular flexibility index (Phi) is 5.36. The summed E-state index contributed by atoms with van der Waals surface area (Å²) in [6, 6.07) is 13.8. The van der Waals surface area contributed by atoms with Gasteiger partial charge in [-0.2, -0.15) is 0 Å². The highest BCUT2D eigenvalue weighted by Crippen LogP contribution is 2.40. The first kappa shape index (κ1) is 19.2. The molecule has 1 aromatic heterocycles. The van der Waals surface area contributed by atoms with Crippen molar-refractivity contribution in [2.45, 2.75) is 6.92 Å². The zero-order chi connectivity index (χ0) is 19.6. The van der Waals surface area contributed by atoms with Crippen LogP contribution in [0.2, 0.25) is 0 Å². The van der Waals surface area contributed by atoms with Crippen LogP contribution in [-0.2, 0) is 0 Å². The molecule has 1 aliphatic rings. The minimum Gasteiger partial charge on any atom is -0.497 e. The molecule has 0 bridgehead atoms. The number of methoxy groups -OCH3 is 1. The Hall–Kier alpha value is -2.62. The number of halogens is 1. The fraction of sp³-hybridized carbons (Fsp3) is 0.167. The van der Waals surface area contributed by atoms with Gasteiger partial charge in [-0.15, -0.1) is 10.2 Å². The standard InChI is InChI=1S/C18H15O4.ClHO4/c1-11-7-13-8-16-17(21-10-20-16)9-15(13)18(22-11)12-3-5-14(19-2)6-4-12;2-1(3,4)5/h3-9H,10H2,1-2H3;(H,2,3,4,5)/q+1;/p-1. The zero-order valence-electron chi connectivity index (χ0n) is 14.4. The normalized spacial score (nSPS) is 12.5. The summed E-state index contributed by atoms with van der Waals surface area (Å²) in [6.07, 6.45) is 0. The van der Waals surface area contributed by atoms with Gasteiger partial charge in [0.15, 0.2) is 11.5 Å². The number of rotatable bonds is 2. The van der Waals surface area contributed by atoms with Crippen molar-refractivity contribution < 1.29 is 47.5 Å². The predicted molar refractivity (Wildman–Crippen MR) is 83.5 cm³/mol. The van der Waals surface area contributed by atoms with Gasteiger partial charge >= 0.3 is 11.5 Å². The zero-order valence-corrected chi connectivity index (χ0v) is 15.1. The number of hydrogen-bond donors (Lipinski definition) is 0. The molecule has 0 radical (unpaired) electrons. The van der Waals surface area contributed by atoms with E-state index in [4.69, 9.17) is 37.3 Å². The summed E-state index contributed by atoms with van der Waals surface area (Å²) in [6.45, 7) is 2.21. The first-order valence-corrected chi connectivity index (χ1v) is 8.91. The van der Waals surface area contributed by atoms with Crippen LogP contribution in [0.5, 0.6) is 17.2 Å². The maximum absolute atomic E-state index is 8.49. The van der Waals surface area contributed by atoms with E-state index < -0.39 is 10.2 Å². The summed E-state index contributed by atoms with van der Waals surface area (Å²) in [5.74, 6) is 4.01. The summed E-state index contributed by atoms with van der Waals surface area (Å²) in [5, 5.41) is 2.07. The molecule has 0 saturated heterocycles. The molecule has 142 valence electrons. The van der Waals surface area contributed by atoms with Gasteiger partial charge in [0.05, 0.1) is 25.0 Å². The summed E-state index contributed by atoms with van der Waals surface area (Å²) >= 11 is 0. The van der Waals surface area contributed by atoms with Gasteiger partial charge in [0.2, 0.25) is 6.79 Å². The number of hydrogen-bond acceptors (Lipinski definition) is 7. The number of aryl methyl sites for hydroxylation is 1. The molecule has 0 fully saturated rings. The van der Waals surface area contributed by atoms with E-state index in [1.807, 2.05) is 49.4 Å². The van der Waals surface area contributed by atoms with Crippen LogP contribution in [0, 0.1) is 17.2 Å². The topological polar surface area (TPSA) is 131 Å². The monoisotopic (exact) mass is 394 g/mol. The molecular formula is C18H15ClO8. The van der Waals surface area contributed by atoms with Crippen molar-refractivity contribution in [2.24, 2.45) is 0 Å². The fourth-order valence-corrected chi connectivity index (χ4v) is 2.69. The molecule has 2 heterocycles. The lowest BCUT2D eigenvalue weighted by molar-refractivity contribution is -2.00. The Labute approximate surface area is 156 Å². The van der Waals surface area contributed by atoms with Crippen molar-refractivity contribution in [1.29, 1.82) is 0 Å². The molecule has 4 rings (SSSR count). The Bertz CT molecular complexity index is 944. The van der Waals surface area contributed by atoms with E-state index in [1.165, 1.54) is 0 Å². The van der Waals surface area contributed by atoms with E-state index in [-0.39, 0.29) is 6.79 Å². The van der Waals surface area contributed by atoms with Crippen molar-refractivity contribution >= 4 is 10.8 Å². The van der Waals surface area contributed by atoms with Gasteiger partial charge in [-0.3, -0.25) is 0 Å². The molecule has 0 spiro atoms. The molecule has 0 N–H and O–H groups in total. The van der Waals surface area contributed by atoms with Gasteiger partial charge in [0.1, 0.15) is 5.75 Å². The lowest BCUT2D eigenvalue weighted by Gasteiger charge is -2.17. The van der Waals surface area contributed by atoms with Crippen molar-refractivity contribution in [3.63, 3.8) is 0 Å². The molecule has 27 heavy (non-hydrogen) atoms. The molecule has 0 saturated carbocycles. The van der Waals surface area contributed by atoms with Gasteiger partial charge in [0.25, 0.3) is 0 Å². The largest absolute Gasteiger partial charge is 0.497 e. The maximum atomic E-state index is 8.49. The fourth-order valence-electron chi connectivity index (χ4n) is 2.69. The number of fused-ring (bicyclic) bond motifs is 2. The third-order valence-electron chi connectivity index (χ3n) is 3.76. The van der Waals surface area contributed by atoms with Gasteiger partial charge in [0, 0.05) is 17.5 Å². The van der Waals surface area contributed by atoms with Crippen LogP contribution in [0.25, 0.3) is 22.1 Å².